The van der Waals surface area contributed by atoms with Gasteiger partial charge >= 0.3 is 12.2 Å². The molecule has 0 bridgehead atoms. The Kier molecular flexibility index (Phi) is 7.48. The number of rotatable bonds is 8. The first kappa shape index (κ1) is 25.7. The number of aryl methyl sites for hydroxylation is 1. The molecule has 2 heterocycles. The summed E-state index contributed by atoms with van der Waals surface area (Å²) < 4.78 is 89.3. The number of nitrogens with one attached hydrogen (secondary N) is 2. The third kappa shape index (κ3) is 6.17. The Hall–Kier alpha value is -3.88. The van der Waals surface area contributed by atoms with Crippen LogP contribution >= 0.6 is 0 Å². The first-order chi connectivity index (χ1) is 16.4. The number of alkyl halides is 3. The summed E-state index contributed by atoms with van der Waals surface area (Å²) in [5.74, 6) is -1.27. The van der Waals surface area contributed by atoms with E-state index in [2.05, 4.69) is 24.7 Å². The number of carbonyl (C=O) groups excluding carboxylic acids is 1. The highest BCUT2D eigenvalue weighted by atomic mass is 32.2. The monoisotopic (exact) mass is 517 g/mol. The van der Waals surface area contributed by atoms with E-state index in [9.17, 15) is 30.8 Å². The van der Waals surface area contributed by atoms with E-state index in [0.717, 1.165) is 29.3 Å². The fourth-order valence-corrected chi connectivity index (χ4v) is 3.90. The largest absolute Gasteiger partial charge is 0.495 e. The fourth-order valence-electron chi connectivity index (χ4n) is 2.97. The second kappa shape index (κ2) is 10.2. The zero-order chi connectivity index (χ0) is 25.8. The number of methoxy groups -OCH3 is 1. The highest BCUT2D eigenvalue weighted by Gasteiger charge is 2.29. The van der Waals surface area contributed by atoms with E-state index in [0.29, 0.717) is 0 Å². The van der Waals surface area contributed by atoms with Crippen LogP contribution in [0.15, 0.2) is 52.2 Å². The third-order valence-electron chi connectivity index (χ3n) is 4.62. The summed E-state index contributed by atoms with van der Waals surface area (Å²) in [4.78, 5) is 17.2. The molecular weight excluding hydrogens is 498 g/mol. The molecule has 3 rings (SSSR count). The summed E-state index contributed by atoms with van der Waals surface area (Å²) >= 11 is 0. The number of anilines is 3. The lowest BCUT2D eigenvalue weighted by Crippen LogP contribution is -2.35. The summed E-state index contributed by atoms with van der Waals surface area (Å²) in [6.45, 7) is 0. The minimum atomic E-state index is -4.49. The van der Waals surface area contributed by atoms with E-state index >= 15 is 0 Å². The first-order valence-electron chi connectivity index (χ1n) is 9.79. The van der Waals surface area contributed by atoms with Crippen molar-refractivity contribution in [2.75, 3.05) is 23.8 Å². The van der Waals surface area contributed by atoms with Crippen LogP contribution < -0.4 is 19.7 Å². The molecule has 0 atom stereocenters. The number of sulfonamides is 1. The molecule has 15 heteroatoms. The van der Waals surface area contributed by atoms with Gasteiger partial charge in [0.25, 0.3) is 10.0 Å². The van der Waals surface area contributed by atoms with E-state index in [4.69, 9.17) is 4.74 Å². The smallest absolute Gasteiger partial charge is 0.389 e. The molecule has 3 aromatic rings. The number of amides is 2. The highest BCUT2D eigenvalue weighted by molar-refractivity contribution is 7.92. The molecule has 0 aliphatic carbocycles. The fraction of sp³-hybridized carbons (Fsp3) is 0.250. The Labute approximate surface area is 196 Å². The number of carbonyl (C=O) groups is 1. The van der Waals surface area contributed by atoms with Gasteiger partial charge in [0.1, 0.15) is 28.5 Å². The van der Waals surface area contributed by atoms with E-state index in [-0.39, 0.29) is 33.5 Å². The van der Waals surface area contributed by atoms with Crippen LogP contribution in [0.4, 0.5) is 39.7 Å². The molecule has 0 aliphatic rings. The lowest BCUT2D eigenvalue weighted by Gasteiger charge is -2.24. The van der Waals surface area contributed by atoms with Gasteiger partial charge in [0, 0.05) is 31.8 Å². The maximum absolute atomic E-state index is 14.7. The molecule has 10 nitrogen and oxygen atoms in total. The molecule has 35 heavy (non-hydrogen) atoms. The van der Waals surface area contributed by atoms with Crippen LogP contribution in [0.5, 0.6) is 5.75 Å². The molecule has 0 aliphatic heterocycles. The minimum Gasteiger partial charge on any atom is -0.495 e. The van der Waals surface area contributed by atoms with Crippen molar-refractivity contribution in [3.05, 3.63) is 54.2 Å². The molecule has 1 aromatic carbocycles. The van der Waals surface area contributed by atoms with Gasteiger partial charge < -0.3 is 14.6 Å². The molecule has 0 saturated heterocycles. The van der Waals surface area contributed by atoms with Crippen molar-refractivity contribution in [1.82, 2.24) is 15.5 Å². The Bertz CT molecular complexity index is 1280. The standard InChI is InChI=1S/C20H19F4N5O5S/c1-25-19(30)29(15-10-14(21)12(9-16(15)33-2)5-7-20(22,23)24)18-4-3-13(11-26-18)35(31,32)28-17-6-8-34-27-17/h3-4,6,8-11H,5,7H2,1-2H3,(H,25,30)(H,27,28). The lowest BCUT2D eigenvalue weighted by atomic mass is 10.1. The number of hydrogen-bond acceptors (Lipinski definition) is 7. The van der Waals surface area contributed by atoms with Gasteiger partial charge in [-0.3, -0.25) is 4.72 Å². The second-order valence-corrected chi connectivity index (χ2v) is 8.65. The summed E-state index contributed by atoms with van der Waals surface area (Å²) in [7, 11) is -1.60. The van der Waals surface area contributed by atoms with Crippen molar-refractivity contribution < 1.29 is 40.0 Å². The molecule has 0 saturated carbocycles. The molecule has 2 N–H and O–H groups in total. The number of halogens is 4. The van der Waals surface area contributed by atoms with E-state index < -0.39 is 40.9 Å². The Balaban J connectivity index is 1.97. The van der Waals surface area contributed by atoms with Gasteiger partial charge in [0.2, 0.25) is 0 Å². The average molecular weight is 517 g/mol. The minimum absolute atomic E-state index is 0.0631. The lowest BCUT2D eigenvalue weighted by molar-refractivity contribution is -0.134. The van der Waals surface area contributed by atoms with Gasteiger partial charge in [-0.25, -0.2) is 27.5 Å². The summed E-state index contributed by atoms with van der Waals surface area (Å²) in [5, 5.41) is 5.79. The van der Waals surface area contributed by atoms with Crippen molar-refractivity contribution in [2.45, 2.75) is 23.9 Å². The molecule has 0 radical (unpaired) electrons. The number of aromatic nitrogens is 2. The molecule has 188 valence electrons. The summed E-state index contributed by atoms with van der Waals surface area (Å²) in [6.07, 6.45) is -4.24. The molecule has 0 spiro atoms. The average Bonchev–Trinajstić information content (AvgIpc) is 3.30. The maximum atomic E-state index is 14.7. The molecule has 2 aromatic heterocycles. The van der Waals surface area contributed by atoms with Crippen molar-refractivity contribution in [2.24, 2.45) is 0 Å². The van der Waals surface area contributed by atoms with Crippen LogP contribution in [0.1, 0.15) is 12.0 Å². The van der Waals surface area contributed by atoms with Crippen LogP contribution in [0, 0.1) is 5.82 Å². The number of hydrogen-bond donors (Lipinski definition) is 2. The van der Waals surface area contributed by atoms with Gasteiger partial charge in [-0.05, 0) is 30.2 Å². The van der Waals surface area contributed by atoms with Crippen molar-refractivity contribution in [3.8, 4) is 5.75 Å². The number of pyridine rings is 1. The second-order valence-electron chi connectivity index (χ2n) is 6.96. The van der Waals surface area contributed by atoms with E-state index in [1.807, 2.05) is 0 Å². The topological polar surface area (TPSA) is 127 Å². The Morgan fingerprint density at radius 1 is 1.23 bits per heavy atom. The third-order valence-corrected chi connectivity index (χ3v) is 5.96. The van der Waals surface area contributed by atoms with Gasteiger partial charge in [-0.2, -0.15) is 13.2 Å². The van der Waals surface area contributed by atoms with Crippen molar-refractivity contribution in [3.63, 3.8) is 0 Å². The maximum Gasteiger partial charge on any atom is 0.389 e. The number of urea groups is 1. The molecular formula is C20H19F4N5O5S. The van der Waals surface area contributed by atoms with E-state index in [1.54, 1.807) is 0 Å². The quantitative estimate of drug-likeness (QED) is 0.433. The van der Waals surface area contributed by atoms with Gasteiger partial charge in [0.15, 0.2) is 5.82 Å². The van der Waals surface area contributed by atoms with Crippen LogP contribution in [-0.2, 0) is 16.4 Å². The number of nitrogens with zero attached hydrogens (tertiary/aromatic N) is 3. The zero-order valence-corrected chi connectivity index (χ0v) is 19.1. The predicted molar refractivity (Wildman–Crippen MR) is 115 cm³/mol. The van der Waals surface area contributed by atoms with E-state index in [1.165, 1.54) is 32.6 Å². The summed E-state index contributed by atoms with van der Waals surface area (Å²) in [6, 6.07) is 4.72. The first-order valence-corrected chi connectivity index (χ1v) is 11.3. The highest BCUT2D eigenvalue weighted by Crippen LogP contribution is 2.36. The van der Waals surface area contributed by atoms with Gasteiger partial charge in [0.05, 0.1) is 12.8 Å². The van der Waals surface area contributed by atoms with Gasteiger partial charge in [-0.15, -0.1) is 0 Å². The SMILES string of the molecule is CNC(=O)N(c1ccc(S(=O)(=O)Nc2ccon2)cn1)c1cc(F)c(CCC(F)(F)F)cc1OC. The zero-order valence-electron chi connectivity index (χ0n) is 18.3. The van der Waals surface area contributed by atoms with Crippen LogP contribution in [0.3, 0.4) is 0 Å². The van der Waals surface area contributed by atoms with Crippen LogP contribution in [0.25, 0.3) is 0 Å². The molecule has 0 unspecified atom stereocenters. The Morgan fingerprint density at radius 3 is 2.51 bits per heavy atom. The van der Waals surface area contributed by atoms with Crippen molar-refractivity contribution in [1.29, 1.82) is 0 Å². The summed E-state index contributed by atoms with van der Waals surface area (Å²) in [5.41, 5.74) is -0.419. The van der Waals surface area contributed by atoms with Gasteiger partial charge in [-0.1, -0.05) is 5.16 Å². The Morgan fingerprint density at radius 2 is 1.97 bits per heavy atom. The predicted octanol–water partition coefficient (Wildman–Crippen LogP) is 3.99. The van der Waals surface area contributed by atoms with Crippen molar-refractivity contribution >= 4 is 33.4 Å². The molecule has 0 fully saturated rings. The number of benzene rings is 1. The van der Waals surface area contributed by atoms with Crippen LogP contribution in [0.2, 0.25) is 0 Å². The molecule has 2 amide bonds. The normalized spacial score (nSPS) is 11.7. The number of ether oxygens (including phenoxy) is 1. The van der Waals surface area contributed by atoms with Crippen LogP contribution in [-0.4, -0.2) is 44.9 Å².